The number of aliphatic carboxylic acids is 1. The second kappa shape index (κ2) is 5.03. The fraction of sp³-hybridized carbons (Fsp3) is 0.900. The highest BCUT2D eigenvalue weighted by Gasteiger charge is 2.40. The molecule has 1 fully saturated rings. The number of hydrogen-bond donors (Lipinski definition) is 1. The third-order valence-electron chi connectivity index (χ3n) is 2.72. The van der Waals surface area contributed by atoms with Gasteiger partial charge in [-0.15, -0.1) is 0 Å². The van der Waals surface area contributed by atoms with Crippen LogP contribution in [0, 0.1) is 0 Å². The molecule has 0 spiro atoms. The van der Waals surface area contributed by atoms with Crippen molar-refractivity contribution in [1.82, 2.24) is 4.90 Å². The molecule has 0 heterocycles. The van der Waals surface area contributed by atoms with E-state index in [1.165, 1.54) is 4.90 Å². The van der Waals surface area contributed by atoms with Crippen LogP contribution >= 0.6 is 0 Å². The van der Waals surface area contributed by atoms with Crippen LogP contribution in [0.5, 0.6) is 0 Å². The minimum Gasteiger partial charge on any atom is -0.481 e. The number of nitrogens with zero attached hydrogens (tertiary/aromatic N) is 1. The average Bonchev–Trinajstić information content (AvgIpc) is 2.91. The molecule has 94 valence electrons. The fourth-order valence-electron chi connectivity index (χ4n) is 1.76. The lowest BCUT2D eigenvalue weighted by atomic mass is 10.1. The molecule has 0 bridgehead atoms. The molecule has 1 aliphatic carbocycles. The van der Waals surface area contributed by atoms with Gasteiger partial charge in [0.15, 0.2) is 0 Å². The van der Waals surface area contributed by atoms with Crippen molar-refractivity contribution in [1.29, 1.82) is 0 Å². The van der Waals surface area contributed by atoms with Gasteiger partial charge in [-0.2, -0.15) is 13.2 Å². The molecular weight excluding hydrogens is 223 g/mol. The summed E-state index contributed by atoms with van der Waals surface area (Å²) in [5.41, 5.74) is 0. The topological polar surface area (TPSA) is 40.5 Å². The molecule has 1 N–H and O–H groups in total. The molecule has 0 amide bonds. The number of carbonyl (C=O) groups is 1. The molecule has 1 rings (SSSR count). The minimum absolute atomic E-state index is 0.00887. The number of carboxylic acids is 1. The van der Waals surface area contributed by atoms with Crippen molar-refractivity contribution < 1.29 is 23.1 Å². The quantitative estimate of drug-likeness (QED) is 0.773. The number of carboxylic acid groups (broad SMARTS) is 1. The second-order valence-electron chi connectivity index (χ2n) is 4.30. The number of rotatable bonds is 6. The van der Waals surface area contributed by atoms with Crippen molar-refractivity contribution in [3.63, 3.8) is 0 Å². The maximum absolute atomic E-state index is 12.3. The van der Waals surface area contributed by atoms with Crippen LogP contribution in [0.1, 0.15) is 32.6 Å². The molecule has 0 aromatic heterocycles. The monoisotopic (exact) mass is 239 g/mol. The molecule has 1 atom stereocenters. The Morgan fingerprint density at radius 1 is 1.50 bits per heavy atom. The Bertz CT molecular complexity index is 251. The van der Waals surface area contributed by atoms with Gasteiger partial charge in [-0.3, -0.25) is 9.69 Å². The van der Waals surface area contributed by atoms with E-state index in [0.717, 1.165) is 12.8 Å². The Morgan fingerprint density at radius 2 is 2.06 bits per heavy atom. The SMILES string of the molecule is CC(CCC(=O)O)N(CC(F)(F)F)C1CC1. The van der Waals surface area contributed by atoms with Crippen molar-refractivity contribution in [3.8, 4) is 0 Å². The van der Waals surface area contributed by atoms with E-state index in [-0.39, 0.29) is 24.9 Å². The van der Waals surface area contributed by atoms with Gasteiger partial charge in [-0.25, -0.2) is 0 Å². The lowest BCUT2D eigenvalue weighted by Crippen LogP contribution is -2.42. The molecule has 3 nitrogen and oxygen atoms in total. The Balaban J connectivity index is 2.45. The van der Waals surface area contributed by atoms with Gasteiger partial charge in [-0.05, 0) is 26.2 Å². The van der Waals surface area contributed by atoms with E-state index in [2.05, 4.69) is 0 Å². The lowest BCUT2D eigenvalue weighted by Gasteiger charge is -2.29. The van der Waals surface area contributed by atoms with Gasteiger partial charge >= 0.3 is 12.1 Å². The number of hydrogen-bond acceptors (Lipinski definition) is 2. The first-order valence-electron chi connectivity index (χ1n) is 5.34. The average molecular weight is 239 g/mol. The Labute approximate surface area is 92.2 Å². The highest BCUT2D eigenvalue weighted by molar-refractivity contribution is 5.66. The molecule has 0 aliphatic heterocycles. The minimum atomic E-state index is -4.21. The summed E-state index contributed by atoms with van der Waals surface area (Å²) in [5.74, 6) is -0.963. The van der Waals surface area contributed by atoms with E-state index in [1.807, 2.05) is 0 Å². The van der Waals surface area contributed by atoms with Gasteiger partial charge in [0.05, 0.1) is 6.54 Å². The second-order valence-corrected chi connectivity index (χ2v) is 4.30. The molecule has 6 heteroatoms. The van der Waals surface area contributed by atoms with Crippen LogP contribution in [0.15, 0.2) is 0 Å². The van der Waals surface area contributed by atoms with Gasteiger partial charge in [0, 0.05) is 18.5 Å². The summed E-state index contributed by atoms with van der Waals surface area (Å²) in [5, 5.41) is 8.49. The first-order valence-corrected chi connectivity index (χ1v) is 5.34. The molecule has 1 saturated carbocycles. The molecular formula is C10H16F3NO2. The van der Waals surface area contributed by atoms with E-state index in [0.29, 0.717) is 0 Å². The predicted octanol–water partition coefficient (Wildman–Crippen LogP) is 2.27. The summed E-state index contributed by atoms with van der Waals surface area (Å²) >= 11 is 0. The van der Waals surface area contributed by atoms with E-state index < -0.39 is 18.7 Å². The number of alkyl halides is 3. The number of halogens is 3. The highest BCUT2D eigenvalue weighted by Crippen LogP contribution is 2.32. The molecule has 1 unspecified atom stereocenters. The van der Waals surface area contributed by atoms with Gasteiger partial charge in [0.1, 0.15) is 0 Å². The standard InChI is InChI=1S/C10H16F3NO2/c1-7(2-5-9(15)16)14(8-3-4-8)6-10(11,12)13/h7-8H,2-6H2,1H3,(H,15,16). The first-order chi connectivity index (χ1) is 7.29. The van der Waals surface area contributed by atoms with Crippen LogP contribution in [-0.4, -0.2) is 40.8 Å². The van der Waals surface area contributed by atoms with Crippen molar-refractivity contribution in [3.05, 3.63) is 0 Å². The summed E-state index contributed by atoms with van der Waals surface area (Å²) in [4.78, 5) is 11.7. The van der Waals surface area contributed by atoms with Gasteiger partial charge < -0.3 is 5.11 Å². The van der Waals surface area contributed by atoms with Gasteiger partial charge in [-0.1, -0.05) is 0 Å². The van der Waals surface area contributed by atoms with E-state index in [1.54, 1.807) is 6.92 Å². The molecule has 0 saturated heterocycles. The highest BCUT2D eigenvalue weighted by atomic mass is 19.4. The van der Waals surface area contributed by atoms with Crippen LogP contribution in [0.2, 0.25) is 0 Å². The summed E-state index contributed by atoms with van der Waals surface area (Å²) in [6, 6.07) is -0.337. The normalized spacial score (nSPS) is 18.8. The lowest BCUT2D eigenvalue weighted by molar-refractivity contribution is -0.152. The molecule has 1 aliphatic rings. The van der Waals surface area contributed by atoms with Crippen LogP contribution in [0.4, 0.5) is 13.2 Å². The third kappa shape index (κ3) is 4.83. The van der Waals surface area contributed by atoms with Gasteiger partial charge in [0.25, 0.3) is 0 Å². The zero-order valence-corrected chi connectivity index (χ0v) is 9.13. The summed E-state index contributed by atoms with van der Waals surface area (Å²) in [7, 11) is 0. The van der Waals surface area contributed by atoms with Crippen LogP contribution in [-0.2, 0) is 4.79 Å². The maximum atomic E-state index is 12.3. The van der Waals surface area contributed by atoms with Crippen molar-refractivity contribution in [2.75, 3.05) is 6.54 Å². The van der Waals surface area contributed by atoms with Crippen LogP contribution in [0.25, 0.3) is 0 Å². The summed E-state index contributed by atoms with van der Waals surface area (Å²) in [6.45, 7) is 0.728. The van der Waals surface area contributed by atoms with Crippen molar-refractivity contribution in [2.24, 2.45) is 0 Å². The zero-order valence-electron chi connectivity index (χ0n) is 9.13. The Morgan fingerprint density at radius 3 is 2.44 bits per heavy atom. The third-order valence-corrected chi connectivity index (χ3v) is 2.72. The van der Waals surface area contributed by atoms with E-state index >= 15 is 0 Å². The first kappa shape index (κ1) is 13.3. The molecule has 0 aromatic rings. The zero-order chi connectivity index (χ0) is 12.3. The molecule has 0 radical (unpaired) electrons. The van der Waals surface area contributed by atoms with E-state index in [4.69, 9.17) is 5.11 Å². The van der Waals surface area contributed by atoms with E-state index in [9.17, 15) is 18.0 Å². The van der Waals surface area contributed by atoms with Crippen molar-refractivity contribution in [2.45, 2.75) is 50.9 Å². The largest absolute Gasteiger partial charge is 0.481 e. The fourth-order valence-corrected chi connectivity index (χ4v) is 1.76. The van der Waals surface area contributed by atoms with Crippen LogP contribution < -0.4 is 0 Å². The molecule has 0 aromatic carbocycles. The molecule has 16 heavy (non-hydrogen) atoms. The summed E-state index contributed by atoms with van der Waals surface area (Å²) in [6.07, 6.45) is -2.45. The Kier molecular flexibility index (Phi) is 4.18. The van der Waals surface area contributed by atoms with Crippen LogP contribution in [0.3, 0.4) is 0 Å². The van der Waals surface area contributed by atoms with Crippen molar-refractivity contribution >= 4 is 5.97 Å². The smallest absolute Gasteiger partial charge is 0.401 e. The predicted molar refractivity (Wildman–Crippen MR) is 52.1 cm³/mol. The van der Waals surface area contributed by atoms with Gasteiger partial charge in [0.2, 0.25) is 0 Å². The Hall–Kier alpha value is -0.780. The maximum Gasteiger partial charge on any atom is 0.401 e. The summed E-state index contributed by atoms with van der Waals surface area (Å²) < 4.78 is 36.9.